The zero-order valence-electron chi connectivity index (χ0n) is 14.3. The molecule has 1 aromatic carbocycles. The largest absolute Gasteiger partial charge is 0.433 e. The molecule has 0 saturated carbocycles. The molecule has 0 bridgehead atoms. The van der Waals surface area contributed by atoms with Crippen molar-refractivity contribution in [3.63, 3.8) is 0 Å². The van der Waals surface area contributed by atoms with Gasteiger partial charge >= 0.3 is 6.18 Å². The van der Waals surface area contributed by atoms with Gasteiger partial charge in [-0.2, -0.15) is 13.2 Å². The Morgan fingerprint density at radius 1 is 1.14 bits per heavy atom. The van der Waals surface area contributed by atoms with Crippen molar-refractivity contribution in [2.75, 3.05) is 0 Å². The first-order valence-electron chi connectivity index (χ1n) is 8.00. The van der Waals surface area contributed by atoms with Crippen molar-refractivity contribution in [3.8, 4) is 11.4 Å². The molecule has 28 heavy (non-hydrogen) atoms. The number of pyridine rings is 1. The van der Waals surface area contributed by atoms with E-state index in [1.54, 1.807) is 30.3 Å². The van der Waals surface area contributed by atoms with Gasteiger partial charge in [0.1, 0.15) is 5.82 Å². The van der Waals surface area contributed by atoms with Gasteiger partial charge in [-0.3, -0.25) is 24.6 Å². The number of rotatable bonds is 4. The summed E-state index contributed by atoms with van der Waals surface area (Å²) in [7, 11) is 0. The summed E-state index contributed by atoms with van der Waals surface area (Å²) < 4.78 is 40.4. The third-order valence-corrected chi connectivity index (χ3v) is 3.87. The highest BCUT2D eigenvalue weighted by atomic mass is 19.4. The van der Waals surface area contributed by atoms with Crippen LogP contribution in [0.5, 0.6) is 0 Å². The smallest absolute Gasteiger partial charge is 0.290 e. The molecule has 0 atom stereocenters. The molecule has 3 rings (SSSR count). The van der Waals surface area contributed by atoms with Gasteiger partial charge in [0.05, 0.1) is 17.8 Å². The van der Waals surface area contributed by atoms with E-state index in [-0.39, 0.29) is 17.9 Å². The second-order valence-electron chi connectivity index (χ2n) is 5.76. The number of nitrogens with one attached hydrogen (secondary N) is 1. The van der Waals surface area contributed by atoms with E-state index in [0.29, 0.717) is 17.3 Å². The minimum Gasteiger partial charge on any atom is -0.290 e. The van der Waals surface area contributed by atoms with Crippen molar-refractivity contribution < 1.29 is 18.0 Å². The zero-order chi connectivity index (χ0) is 20.3. The number of halogens is 3. The third-order valence-electron chi connectivity index (χ3n) is 3.87. The molecule has 3 aromatic rings. The third kappa shape index (κ3) is 4.07. The van der Waals surface area contributed by atoms with Gasteiger partial charge in [0.25, 0.3) is 11.5 Å². The fourth-order valence-electron chi connectivity index (χ4n) is 2.51. The highest BCUT2D eigenvalue weighted by Gasteiger charge is 2.34. The highest BCUT2D eigenvalue weighted by molar-refractivity contribution is 5.93. The summed E-state index contributed by atoms with van der Waals surface area (Å²) in [5.41, 5.74) is 0.732. The number of amides is 1. The molecule has 0 unspecified atom stereocenters. The summed E-state index contributed by atoms with van der Waals surface area (Å²) in [6, 6.07) is 11.4. The van der Waals surface area contributed by atoms with Gasteiger partial charge < -0.3 is 0 Å². The van der Waals surface area contributed by atoms with Crippen molar-refractivity contribution in [3.05, 3.63) is 82.0 Å². The standard InChI is InChI=1S/C18H14F3N5O2/c19-18(20,21)14-8-15(27)26(16(24-14)11-4-2-1-3-5-11)10-13-7-6-12(9-23-13)17(28)25-22/h1-9H,10,22H2,(H,25,28). The number of aromatic nitrogens is 3. The molecule has 0 aliphatic heterocycles. The summed E-state index contributed by atoms with van der Waals surface area (Å²) in [6.45, 7) is -0.126. The Kier molecular flexibility index (Phi) is 5.23. The van der Waals surface area contributed by atoms with Gasteiger partial charge in [0.15, 0.2) is 5.69 Å². The quantitative estimate of drug-likeness (QED) is 0.404. The van der Waals surface area contributed by atoms with Crippen LogP contribution in [0.25, 0.3) is 11.4 Å². The van der Waals surface area contributed by atoms with Crippen LogP contribution in [-0.4, -0.2) is 20.4 Å². The molecule has 2 heterocycles. The van der Waals surface area contributed by atoms with Gasteiger partial charge in [-0.15, -0.1) is 0 Å². The Bertz CT molecular complexity index is 1050. The van der Waals surface area contributed by atoms with Gasteiger partial charge in [-0.05, 0) is 12.1 Å². The van der Waals surface area contributed by atoms with Crippen LogP contribution in [-0.2, 0) is 12.7 Å². The molecular weight excluding hydrogens is 375 g/mol. The van der Waals surface area contributed by atoms with Crippen molar-refractivity contribution in [1.29, 1.82) is 0 Å². The minimum absolute atomic E-state index is 0.126. The predicted octanol–water partition coefficient (Wildman–Crippen LogP) is 1.98. The fourth-order valence-corrected chi connectivity index (χ4v) is 2.51. The monoisotopic (exact) mass is 389 g/mol. The van der Waals surface area contributed by atoms with E-state index < -0.39 is 23.3 Å². The second kappa shape index (κ2) is 7.61. The van der Waals surface area contributed by atoms with Crippen LogP contribution < -0.4 is 16.8 Å². The first-order chi connectivity index (χ1) is 13.3. The van der Waals surface area contributed by atoms with Crippen molar-refractivity contribution in [2.24, 2.45) is 5.84 Å². The number of carbonyl (C=O) groups is 1. The van der Waals surface area contributed by atoms with Crippen LogP contribution in [0.1, 0.15) is 21.7 Å². The molecule has 0 fully saturated rings. The van der Waals surface area contributed by atoms with E-state index in [1.165, 1.54) is 18.3 Å². The first kappa shape index (κ1) is 19.2. The maximum atomic E-state index is 13.1. The number of carbonyl (C=O) groups excluding carboxylic acids is 1. The topological polar surface area (TPSA) is 103 Å². The zero-order valence-corrected chi connectivity index (χ0v) is 14.3. The van der Waals surface area contributed by atoms with Crippen LogP contribution >= 0.6 is 0 Å². The van der Waals surface area contributed by atoms with Crippen molar-refractivity contribution >= 4 is 5.91 Å². The van der Waals surface area contributed by atoms with E-state index in [0.717, 1.165) is 4.57 Å². The minimum atomic E-state index is -4.75. The Morgan fingerprint density at radius 3 is 2.43 bits per heavy atom. The molecule has 0 aliphatic carbocycles. The number of nitrogens with zero attached hydrogens (tertiary/aromatic N) is 3. The molecule has 0 saturated heterocycles. The summed E-state index contributed by atoms with van der Waals surface area (Å²) in [5.74, 6) is 4.37. The lowest BCUT2D eigenvalue weighted by Crippen LogP contribution is -2.30. The molecule has 0 spiro atoms. The second-order valence-corrected chi connectivity index (χ2v) is 5.76. The van der Waals surface area contributed by atoms with E-state index in [9.17, 15) is 22.8 Å². The number of hydrogen-bond acceptors (Lipinski definition) is 5. The average molecular weight is 389 g/mol. The summed E-state index contributed by atoms with van der Waals surface area (Å²) in [4.78, 5) is 31.6. The summed E-state index contributed by atoms with van der Waals surface area (Å²) in [6.07, 6.45) is -3.50. The van der Waals surface area contributed by atoms with Crippen molar-refractivity contribution in [1.82, 2.24) is 20.0 Å². The first-order valence-corrected chi connectivity index (χ1v) is 8.00. The number of benzene rings is 1. The van der Waals surface area contributed by atoms with Crippen LogP contribution in [0.4, 0.5) is 13.2 Å². The van der Waals surface area contributed by atoms with Gasteiger partial charge in [-0.25, -0.2) is 10.8 Å². The predicted molar refractivity (Wildman–Crippen MR) is 93.9 cm³/mol. The summed E-state index contributed by atoms with van der Waals surface area (Å²) in [5, 5.41) is 0. The SMILES string of the molecule is NNC(=O)c1ccc(Cn2c(-c3ccccc3)nc(C(F)(F)F)cc2=O)nc1. The van der Waals surface area contributed by atoms with Crippen LogP contribution in [0.3, 0.4) is 0 Å². The van der Waals surface area contributed by atoms with E-state index in [1.807, 2.05) is 5.43 Å². The molecule has 144 valence electrons. The van der Waals surface area contributed by atoms with Crippen LogP contribution in [0.2, 0.25) is 0 Å². The molecule has 1 amide bonds. The van der Waals surface area contributed by atoms with Crippen molar-refractivity contribution in [2.45, 2.75) is 12.7 Å². The number of nitrogen functional groups attached to an aromatic ring is 1. The molecular formula is C18H14F3N5O2. The highest BCUT2D eigenvalue weighted by Crippen LogP contribution is 2.28. The van der Waals surface area contributed by atoms with E-state index in [4.69, 9.17) is 5.84 Å². The van der Waals surface area contributed by atoms with Crippen LogP contribution in [0, 0.1) is 0 Å². The number of hydrogen-bond donors (Lipinski definition) is 2. The fraction of sp³-hybridized carbons (Fsp3) is 0.111. The van der Waals surface area contributed by atoms with Gasteiger partial charge in [0.2, 0.25) is 0 Å². The van der Waals surface area contributed by atoms with Gasteiger partial charge in [0, 0.05) is 17.8 Å². The number of nitrogens with two attached hydrogens (primary N) is 1. The van der Waals surface area contributed by atoms with Gasteiger partial charge in [-0.1, -0.05) is 30.3 Å². The Morgan fingerprint density at radius 2 is 1.86 bits per heavy atom. The van der Waals surface area contributed by atoms with E-state index >= 15 is 0 Å². The lowest BCUT2D eigenvalue weighted by atomic mass is 10.2. The lowest BCUT2D eigenvalue weighted by molar-refractivity contribution is -0.141. The Balaban J connectivity index is 2.07. The molecule has 7 nitrogen and oxygen atoms in total. The molecule has 0 radical (unpaired) electrons. The Hall–Kier alpha value is -3.53. The van der Waals surface area contributed by atoms with Crippen LogP contribution in [0.15, 0.2) is 59.5 Å². The average Bonchev–Trinajstić information content (AvgIpc) is 2.69. The normalized spacial score (nSPS) is 11.3. The molecule has 3 N–H and O–H groups in total. The molecule has 0 aliphatic rings. The maximum Gasteiger partial charge on any atom is 0.433 e. The number of alkyl halides is 3. The number of hydrazine groups is 1. The molecule has 2 aromatic heterocycles. The lowest BCUT2D eigenvalue weighted by Gasteiger charge is -2.15. The maximum absolute atomic E-state index is 13.1. The Labute approximate surface area is 156 Å². The molecule has 10 heteroatoms. The summed E-state index contributed by atoms with van der Waals surface area (Å²) >= 11 is 0. The van der Waals surface area contributed by atoms with E-state index in [2.05, 4.69) is 9.97 Å².